The van der Waals surface area contributed by atoms with Crippen molar-refractivity contribution in [2.24, 2.45) is 0 Å². The van der Waals surface area contributed by atoms with Crippen molar-refractivity contribution in [3.05, 3.63) is 40.9 Å². The molecule has 1 atom stereocenters. The van der Waals surface area contributed by atoms with Gasteiger partial charge in [0.2, 0.25) is 0 Å². The quantitative estimate of drug-likeness (QED) is 0.938. The average Bonchev–Trinajstić information content (AvgIpc) is 3.04. The van der Waals surface area contributed by atoms with Crippen LogP contribution in [0.15, 0.2) is 29.6 Å². The van der Waals surface area contributed by atoms with E-state index < -0.39 is 12.0 Å². The van der Waals surface area contributed by atoms with Crippen LogP contribution in [0.5, 0.6) is 0 Å². The first-order valence-electron chi connectivity index (χ1n) is 7.63. The molecule has 6 heteroatoms. The number of hydrogen-bond acceptors (Lipinski definition) is 4. The van der Waals surface area contributed by atoms with Gasteiger partial charge in [0.1, 0.15) is 16.7 Å². The molecule has 1 saturated heterocycles. The van der Waals surface area contributed by atoms with Crippen LogP contribution in [0, 0.1) is 6.92 Å². The number of thiazole rings is 1. The lowest BCUT2D eigenvalue weighted by atomic mass is 10.0. The summed E-state index contributed by atoms with van der Waals surface area (Å²) in [5.41, 5.74) is 2.44. The minimum atomic E-state index is -0.938. The molecule has 0 aliphatic carbocycles. The maximum Gasteiger partial charge on any atom is 0.326 e. The highest BCUT2D eigenvalue weighted by Crippen LogP contribution is 2.28. The molecule has 2 aromatic rings. The summed E-state index contributed by atoms with van der Waals surface area (Å²) in [4.78, 5) is 29.9. The molecule has 1 unspecified atom stereocenters. The molecular weight excluding hydrogens is 312 g/mol. The molecule has 0 bridgehead atoms. The van der Waals surface area contributed by atoms with Crippen LogP contribution in [0.2, 0.25) is 0 Å². The summed E-state index contributed by atoms with van der Waals surface area (Å²) in [6, 6.07) is 7.15. The zero-order valence-corrected chi connectivity index (χ0v) is 13.7. The van der Waals surface area contributed by atoms with E-state index in [1.54, 1.807) is 5.38 Å². The minimum absolute atomic E-state index is 0.284. The number of piperidine rings is 1. The van der Waals surface area contributed by atoms with E-state index in [1.165, 1.54) is 16.2 Å². The highest BCUT2D eigenvalue weighted by atomic mass is 32.1. The van der Waals surface area contributed by atoms with E-state index in [1.807, 2.05) is 31.2 Å². The van der Waals surface area contributed by atoms with Crippen LogP contribution < -0.4 is 0 Å². The number of carboxylic acid groups (broad SMARTS) is 1. The molecule has 120 valence electrons. The highest BCUT2D eigenvalue weighted by Gasteiger charge is 2.33. The lowest BCUT2D eigenvalue weighted by molar-refractivity contribution is -0.143. The Labute approximate surface area is 138 Å². The first-order chi connectivity index (χ1) is 11.1. The molecule has 1 fully saturated rings. The molecule has 3 rings (SSSR count). The second-order valence-corrected chi connectivity index (χ2v) is 6.56. The van der Waals surface area contributed by atoms with Crippen molar-refractivity contribution < 1.29 is 14.7 Å². The van der Waals surface area contributed by atoms with Gasteiger partial charge >= 0.3 is 5.97 Å². The van der Waals surface area contributed by atoms with Crippen LogP contribution in [-0.4, -0.2) is 39.5 Å². The Hall–Kier alpha value is -2.21. The third-order valence-electron chi connectivity index (χ3n) is 4.15. The summed E-state index contributed by atoms with van der Waals surface area (Å²) in [5, 5.41) is 11.8. The van der Waals surface area contributed by atoms with Crippen molar-refractivity contribution in [3.63, 3.8) is 0 Å². The molecular formula is C17H18N2O3S. The molecule has 1 aliphatic heterocycles. The summed E-state index contributed by atoms with van der Waals surface area (Å²) in [7, 11) is 0. The molecule has 0 spiro atoms. The number of carbonyl (C=O) groups is 2. The smallest absolute Gasteiger partial charge is 0.326 e. The van der Waals surface area contributed by atoms with Crippen molar-refractivity contribution in [1.29, 1.82) is 0 Å². The molecule has 1 aromatic carbocycles. The lowest BCUT2D eigenvalue weighted by Gasteiger charge is -2.32. The number of rotatable bonds is 3. The minimum Gasteiger partial charge on any atom is -0.480 e. The highest BCUT2D eigenvalue weighted by molar-refractivity contribution is 7.13. The van der Waals surface area contributed by atoms with E-state index in [4.69, 9.17) is 0 Å². The normalized spacial score (nSPS) is 18.0. The Balaban J connectivity index is 1.86. The van der Waals surface area contributed by atoms with E-state index >= 15 is 0 Å². The van der Waals surface area contributed by atoms with Crippen molar-refractivity contribution in [3.8, 4) is 10.6 Å². The van der Waals surface area contributed by atoms with Gasteiger partial charge in [0.15, 0.2) is 0 Å². The van der Waals surface area contributed by atoms with Gasteiger partial charge in [0, 0.05) is 17.5 Å². The Kier molecular flexibility index (Phi) is 4.43. The fraction of sp³-hybridized carbons (Fsp3) is 0.353. The van der Waals surface area contributed by atoms with E-state index in [-0.39, 0.29) is 5.91 Å². The Morgan fingerprint density at radius 2 is 2.09 bits per heavy atom. The largest absolute Gasteiger partial charge is 0.480 e. The van der Waals surface area contributed by atoms with Crippen molar-refractivity contribution >= 4 is 23.2 Å². The number of aromatic nitrogens is 1. The van der Waals surface area contributed by atoms with Gasteiger partial charge in [0.25, 0.3) is 5.91 Å². The summed E-state index contributed by atoms with van der Waals surface area (Å²) in [6.07, 6.45) is 2.19. The number of aliphatic carboxylic acids is 1. The molecule has 1 aromatic heterocycles. The maximum absolute atomic E-state index is 12.7. The number of likely N-dealkylation sites (tertiary alicyclic amines) is 1. The van der Waals surface area contributed by atoms with Gasteiger partial charge in [-0.25, -0.2) is 9.78 Å². The number of benzene rings is 1. The number of carbonyl (C=O) groups excluding carboxylic acids is 1. The number of aryl methyl sites for hydroxylation is 1. The van der Waals surface area contributed by atoms with Gasteiger partial charge < -0.3 is 10.0 Å². The van der Waals surface area contributed by atoms with Crippen molar-refractivity contribution in [1.82, 2.24) is 9.88 Å². The Morgan fingerprint density at radius 3 is 2.83 bits per heavy atom. The van der Waals surface area contributed by atoms with Gasteiger partial charge in [-0.2, -0.15) is 0 Å². The predicted molar refractivity (Wildman–Crippen MR) is 88.6 cm³/mol. The second kappa shape index (κ2) is 6.50. The van der Waals surface area contributed by atoms with Gasteiger partial charge in [0.05, 0.1) is 0 Å². The van der Waals surface area contributed by atoms with Crippen LogP contribution in [0.25, 0.3) is 10.6 Å². The Bertz CT molecular complexity index is 741. The van der Waals surface area contributed by atoms with E-state index in [9.17, 15) is 14.7 Å². The SMILES string of the molecule is Cc1ccccc1-c1nc(C(=O)N2CCCCC2C(=O)O)cs1. The molecule has 0 radical (unpaired) electrons. The standard InChI is InChI=1S/C17H18N2O3S/c1-11-6-2-3-7-12(11)15-18-13(10-23-15)16(20)19-9-5-4-8-14(19)17(21)22/h2-3,6-7,10,14H,4-5,8-9H2,1H3,(H,21,22). The number of nitrogens with zero attached hydrogens (tertiary/aromatic N) is 2. The van der Waals surface area contributed by atoms with Gasteiger partial charge in [-0.05, 0) is 31.7 Å². The van der Waals surface area contributed by atoms with Gasteiger partial charge in [-0.1, -0.05) is 24.3 Å². The zero-order valence-electron chi connectivity index (χ0n) is 12.9. The van der Waals surface area contributed by atoms with Crippen LogP contribution in [0.4, 0.5) is 0 Å². The van der Waals surface area contributed by atoms with Crippen LogP contribution in [-0.2, 0) is 4.79 Å². The summed E-state index contributed by atoms with van der Waals surface area (Å²) < 4.78 is 0. The topological polar surface area (TPSA) is 70.5 Å². The first kappa shape index (κ1) is 15.7. The van der Waals surface area contributed by atoms with Gasteiger partial charge in [-0.3, -0.25) is 4.79 Å². The second-order valence-electron chi connectivity index (χ2n) is 5.70. The van der Waals surface area contributed by atoms with E-state index in [0.29, 0.717) is 18.7 Å². The maximum atomic E-state index is 12.7. The monoisotopic (exact) mass is 330 g/mol. The molecule has 5 nitrogen and oxygen atoms in total. The molecule has 1 N–H and O–H groups in total. The number of hydrogen-bond donors (Lipinski definition) is 1. The number of amides is 1. The van der Waals surface area contributed by atoms with Crippen LogP contribution in [0.3, 0.4) is 0 Å². The summed E-state index contributed by atoms with van der Waals surface area (Å²) in [5.74, 6) is -1.22. The molecule has 2 heterocycles. The third kappa shape index (κ3) is 3.12. The molecule has 0 saturated carbocycles. The van der Waals surface area contributed by atoms with Crippen LogP contribution >= 0.6 is 11.3 Å². The van der Waals surface area contributed by atoms with E-state index in [2.05, 4.69) is 4.98 Å². The van der Waals surface area contributed by atoms with Crippen LogP contribution in [0.1, 0.15) is 35.3 Å². The fourth-order valence-electron chi connectivity index (χ4n) is 2.89. The van der Waals surface area contributed by atoms with Crippen molar-refractivity contribution in [2.45, 2.75) is 32.2 Å². The Morgan fingerprint density at radius 1 is 1.30 bits per heavy atom. The van der Waals surface area contributed by atoms with Crippen molar-refractivity contribution in [2.75, 3.05) is 6.54 Å². The average molecular weight is 330 g/mol. The summed E-state index contributed by atoms with van der Waals surface area (Å²) in [6.45, 7) is 2.48. The first-order valence-corrected chi connectivity index (χ1v) is 8.51. The third-order valence-corrected chi connectivity index (χ3v) is 5.02. The lowest BCUT2D eigenvalue weighted by Crippen LogP contribution is -2.48. The molecule has 1 aliphatic rings. The molecule has 23 heavy (non-hydrogen) atoms. The molecule has 1 amide bonds. The number of carboxylic acids is 1. The zero-order chi connectivity index (χ0) is 16.4. The fourth-order valence-corrected chi connectivity index (χ4v) is 3.77. The van der Waals surface area contributed by atoms with Gasteiger partial charge in [-0.15, -0.1) is 11.3 Å². The van der Waals surface area contributed by atoms with E-state index in [0.717, 1.165) is 29.0 Å². The summed E-state index contributed by atoms with van der Waals surface area (Å²) >= 11 is 1.41. The predicted octanol–water partition coefficient (Wildman–Crippen LogP) is 3.20.